The largest absolute Gasteiger partial charge is 0.454 e. The number of H-pyrrole nitrogens is 1. The lowest BCUT2D eigenvalue weighted by molar-refractivity contribution is -0.163. The van der Waals surface area contributed by atoms with Crippen molar-refractivity contribution in [3.63, 3.8) is 0 Å². The number of aromatic nitrogens is 1. The van der Waals surface area contributed by atoms with Crippen molar-refractivity contribution in [2.45, 2.75) is 102 Å². The van der Waals surface area contributed by atoms with Gasteiger partial charge in [0.05, 0.1) is 12.5 Å². The molecule has 3 aromatic carbocycles. The first kappa shape index (κ1) is 46.3. The Kier molecular flexibility index (Phi) is 17.1. The molecule has 5 amide bonds. The van der Waals surface area contributed by atoms with Crippen LogP contribution in [-0.4, -0.2) is 88.6 Å². The lowest BCUT2D eigenvalue weighted by atomic mass is 9.99. The summed E-state index contributed by atoms with van der Waals surface area (Å²) in [4.78, 5) is 97.5. The Hall–Kier alpha value is -6.39. The number of ether oxygens (including phenoxy) is 1. The van der Waals surface area contributed by atoms with Crippen molar-refractivity contribution in [2.75, 3.05) is 6.54 Å². The van der Waals surface area contributed by atoms with E-state index >= 15 is 0 Å². The van der Waals surface area contributed by atoms with Crippen LogP contribution in [0.4, 0.5) is 0 Å². The lowest BCUT2D eigenvalue weighted by Crippen LogP contribution is -2.59. The number of hydrogen-bond donors (Lipinski definition) is 7. The number of benzene rings is 3. The van der Waals surface area contributed by atoms with E-state index in [4.69, 9.17) is 21.9 Å². The maximum absolute atomic E-state index is 14.3. The van der Waals surface area contributed by atoms with E-state index in [9.17, 15) is 33.6 Å². The molecule has 60 heavy (non-hydrogen) atoms. The molecule has 16 nitrogen and oxygen atoms in total. The molecule has 4 aromatic rings. The number of carbonyl (C=O) groups is 7. The summed E-state index contributed by atoms with van der Waals surface area (Å²) in [6, 6.07) is 18.0. The summed E-state index contributed by atoms with van der Waals surface area (Å²) in [7, 11) is 0. The number of carbonyl (C=O) groups excluding carboxylic acids is 7. The van der Waals surface area contributed by atoms with Crippen molar-refractivity contribution in [1.82, 2.24) is 26.3 Å². The molecule has 16 heteroatoms. The Morgan fingerprint density at radius 2 is 1.27 bits per heavy atom. The number of hydrogen-bond acceptors (Lipinski definition) is 10. The highest BCUT2D eigenvalue weighted by Gasteiger charge is 2.37. The number of unbranched alkanes of at least 4 members (excludes halogenated alkanes) is 1. The highest BCUT2D eigenvalue weighted by molar-refractivity contribution is 6.36. The number of rotatable bonds is 22. The summed E-state index contributed by atoms with van der Waals surface area (Å²) in [6.07, 6.45) is 2.26. The SMILES string of the molecule is CC(C)(C)OC(=O)C(=O)[C@H](Cc1c[nH]c2ccccc12)[N]C(=O)[C@H](Cc1ccccc1)NC(=O)[C@H](Cc1ccccc1)NC(=O)[C@H](CC(N)=O)NC(=O)[C@@H](N)CCCCN. The highest BCUT2D eigenvalue weighted by Crippen LogP contribution is 2.21. The first-order valence-electron chi connectivity index (χ1n) is 19.8. The number of para-hydroxylation sites is 1. The number of fused-ring (bicyclic) bond motifs is 1. The van der Waals surface area contributed by atoms with E-state index < -0.39 is 83.5 Å². The first-order valence-corrected chi connectivity index (χ1v) is 19.8. The van der Waals surface area contributed by atoms with Gasteiger partial charge in [0.25, 0.3) is 11.7 Å². The third kappa shape index (κ3) is 14.5. The second kappa shape index (κ2) is 22.1. The van der Waals surface area contributed by atoms with E-state index in [1.807, 2.05) is 24.3 Å². The van der Waals surface area contributed by atoms with Crippen molar-refractivity contribution in [2.24, 2.45) is 17.2 Å². The Bertz CT molecular complexity index is 2100. The predicted octanol–water partition coefficient (Wildman–Crippen LogP) is 1.39. The van der Waals surface area contributed by atoms with E-state index in [-0.39, 0.29) is 25.7 Å². The highest BCUT2D eigenvalue weighted by atomic mass is 16.6. The number of aromatic amines is 1. The van der Waals surface area contributed by atoms with Gasteiger partial charge < -0.3 is 42.9 Å². The van der Waals surface area contributed by atoms with Gasteiger partial charge in [-0.25, -0.2) is 10.1 Å². The van der Waals surface area contributed by atoms with E-state index in [1.165, 1.54) is 0 Å². The molecule has 4 rings (SSSR count). The molecule has 1 radical (unpaired) electrons. The van der Waals surface area contributed by atoms with Gasteiger partial charge in [-0.15, -0.1) is 0 Å². The minimum atomic E-state index is -1.53. The Morgan fingerprint density at radius 3 is 1.87 bits per heavy atom. The van der Waals surface area contributed by atoms with Gasteiger partial charge in [-0.1, -0.05) is 85.3 Å². The van der Waals surface area contributed by atoms with Crippen LogP contribution in [0, 0.1) is 0 Å². The van der Waals surface area contributed by atoms with Crippen molar-refractivity contribution in [3.8, 4) is 0 Å². The monoisotopic (exact) mass is 823 g/mol. The van der Waals surface area contributed by atoms with Crippen LogP contribution in [0.1, 0.15) is 63.1 Å². The molecule has 0 spiro atoms. The summed E-state index contributed by atoms with van der Waals surface area (Å²) in [5.74, 6) is -6.45. The van der Waals surface area contributed by atoms with Crippen molar-refractivity contribution >= 4 is 52.2 Å². The van der Waals surface area contributed by atoms with Gasteiger partial charge in [-0.3, -0.25) is 28.8 Å². The fraction of sp³-hybridized carbons (Fsp3) is 0.386. The molecule has 10 N–H and O–H groups in total. The second-order valence-corrected chi connectivity index (χ2v) is 15.5. The summed E-state index contributed by atoms with van der Waals surface area (Å²) >= 11 is 0. The number of ketones is 1. The minimum Gasteiger partial charge on any atom is -0.454 e. The molecule has 0 bridgehead atoms. The number of nitrogens with two attached hydrogens (primary N) is 3. The van der Waals surface area contributed by atoms with Crippen LogP contribution in [0.3, 0.4) is 0 Å². The van der Waals surface area contributed by atoms with Gasteiger partial charge in [0.1, 0.15) is 29.8 Å². The van der Waals surface area contributed by atoms with E-state index in [2.05, 4.69) is 26.3 Å². The average molecular weight is 824 g/mol. The van der Waals surface area contributed by atoms with Crippen LogP contribution in [0.25, 0.3) is 10.9 Å². The Morgan fingerprint density at radius 1 is 0.717 bits per heavy atom. The molecular formula is C44H55N8O8. The van der Waals surface area contributed by atoms with Crippen LogP contribution < -0.4 is 38.5 Å². The van der Waals surface area contributed by atoms with E-state index in [0.717, 1.165) is 10.9 Å². The maximum atomic E-state index is 14.3. The summed E-state index contributed by atoms with van der Waals surface area (Å²) < 4.78 is 5.37. The molecule has 0 aliphatic heterocycles. The number of Topliss-reactive ketones (excluding diaryl/α,β-unsaturated/α-hetero) is 1. The Labute approximate surface area is 349 Å². The predicted molar refractivity (Wildman–Crippen MR) is 225 cm³/mol. The molecule has 319 valence electrons. The molecule has 0 aliphatic carbocycles. The topological polar surface area (TPSA) is 273 Å². The normalized spacial score (nSPS) is 13.8. The van der Waals surface area contributed by atoms with Gasteiger partial charge >= 0.3 is 5.97 Å². The zero-order valence-electron chi connectivity index (χ0n) is 34.1. The molecule has 1 heterocycles. The molecular weight excluding hydrogens is 769 g/mol. The number of primary amides is 1. The van der Waals surface area contributed by atoms with Crippen LogP contribution in [0.15, 0.2) is 91.1 Å². The van der Waals surface area contributed by atoms with Crippen LogP contribution in [-0.2, 0) is 57.6 Å². The molecule has 0 fully saturated rings. The molecule has 0 saturated carbocycles. The van der Waals surface area contributed by atoms with E-state index in [0.29, 0.717) is 36.1 Å². The lowest BCUT2D eigenvalue weighted by Gasteiger charge is -2.26. The number of nitrogens with one attached hydrogen (secondary N) is 4. The fourth-order valence-electron chi connectivity index (χ4n) is 6.40. The second-order valence-electron chi connectivity index (χ2n) is 15.5. The zero-order valence-corrected chi connectivity index (χ0v) is 34.1. The van der Waals surface area contributed by atoms with Crippen molar-refractivity contribution in [3.05, 3.63) is 108 Å². The zero-order chi connectivity index (χ0) is 43.8. The van der Waals surface area contributed by atoms with Gasteiger partial charge in [-0.05, 0) is 62.9 Å². The third-order valence-electron chi connectivity index (χ3n) is 9.43. The van der Waals surface area contributed by atoms with Crippen LogP contribution in [0.2, 0.25) is 0 Å². The number of amides is 5. The summed E-state index contributed by atoms with van der Waals surface area (Å²) in [6.45, 7) is 5.23. The molecule has 1 aromatic heterocycles. The summed E-state index contributed by atoms with van der Waals surface area (Å²) in [5, 5.41) is 12.9. The molecule has 0 aliphatic rings. The van der Waals surface area contributed by atoms with Gasteiger partial charge in [0, 0.05) is 36.4 Å². The van der Waals surface area contributed by atoms with Crippen LogP contribution >= 0.6 is 0 Å². The van der Waals surface area contributed by atoms with Gasteiger partial charge in [0.2, 0.25) is 23.6 Å². The quantitative estimate of drug-likeness (QED) is 0.0340. The van der Waals surface area contributed by atoms with E-state index in [1.54, 1.807) is 87.6 Å². The van der Waals surface area contributed by atoms with Crippen molar-refractivity contribution < 1.29 is 38.3 Å². The molecule has 0 unspecified atom stereocenters. The van der Waals surface area contributed by atoms with Gasteiger partial charge in [-0.2, -0.15) is 0 Å². The third-order valence-corrected chi connectivity index (χ3v) is 9.43. The number of nitrogens with zero attached hydrogens (tertiary/aromatic N) is 1. The molecule has 5 atom stereocenters. The average Bonchev–Trinajstić information content (AvgIpc) is 3.61. The van der Waals surface area contributed by atoms with Gasteiger partial charge in [0.15, 0.2) is 0 Å². The minimum absolute atomic E-state index is 0.0715. The van der Waals surface area contributed by atoms with Crippen molar-refractivity contribution in [1.29, 1.82) is 0 Å². The fourth-order valence-corrected chi connectivity index (χ4v) is 6.40. The number of esters is 1. The van der Waals surface area contributed by atoms with Crippen LogP contribution in [0.5, 0.6) is 0 Å². The smallest absolute Gasteiger partial charge is 0.377 e. The standard InChI is InChI=1S/C44H55N8O8/c1-44(2,3)60-43(59)38(54)33(24-29-26-48-32-20-11-10-18-30(29)32)49-40(56)34(22-27-14-6-4-7-15-27)51-41(57)35(23-28-16-8-5-9-17-28)52-42(58)36(25-37(47)53)50-39(55)31(46)19-12-13-21-45/h4-11,14-18,20,26,31,33-36,48H,12-13,19,21-25,45-46H2,1-3H3,(H2,47,53)(H,50,55)(H,51,57)(H,52,58)/t31-,33-,34-,35-,36-/m0/s1. The maximum Gasteiger partial charge on any atom is 0.377 e. The molecule has 0 saturated heterocycles. The Balaban J connectivity index is 1.64. The summed E-state index contributed by atoms with van der Waals surface area (Å²) in [5.41, 5.74) is 18.7. The first-order chi connectivity index (χ1) is 28.5.